The van der Waals surface area contributed by atoms with Crippen LogP contribution in [-0.2, 0) is 15.1 Å². The van der Waals surface area contributed by atoms with E-state index in [1.54, 1.807) is 0 Å². The molecule has 2 nitrogen and oxygen atoms in total. The molecule has 0 atom stereocenters. The molecule has 2 aromatic carbocycles. The van der Waals surface area contributed by atoms with Crippen LogP contribution in [0.1, 0.15) is 19.4 Å². The molecule has 0 heterocycles. The summed E-state index contributed by atoms with van der Waals surface area (Å²) in [5, 5.41) is 1.23. The molecule has 0 radical (unpaired) electrons. The van der Waals surface area contributed by atoms with Crippen LogP contribution in [-0.4, -0.2) is 8.32 Å². The summed E-state index contributed by atoms with van der Waals surface area (Å²) in [6.07, 6.45) is 0. The third kappa shape index (κ3) is 3.57. The summed E-state index contributed by atoms with van der Waals surface area (Å²) < 4.78 is 5.87. The predicted molar refractivity (Wildman–Crippen MR) is 85.2 cm³/mol. The van der Waals surface area contributed by atoms with Gasteiger partial charge in [-0.05, 0) is 37.7 Å². The summed E-state index contributed by atoms with van der Waals surface area (Å²) in [6, 6.07) is 20.4. The molecule has 2 aromatic rings. The van der Waals surface area contributed by atoms with Gasteiger partial charge in [0.25, 0.3) is 8.32 Å². The van der Waals surface area contributed by atoms with Crippen LogP contribution in [0.4, 0.5) is 0 Å². The van der Waals surface area contributed by atoms with Gasteiger partial charge in [-0.1, -0.05) is 60.7 Å². The van der Waals surface area contributed by atoms with Crippen LogP contribution in [0.25, 0.3) is 0 Å². The molecule has 20 heavy (non-hydrogen) atoms. The second-order valence-corrected chi connectivity index (χ2v) is 9.68. The van der Waals surface area contributed by atoms with E-state index in [-0.39, 0.29) is 0 Å². The standard InChI is InChI=1S/C17H22O2Si/c1-17(2,15-11-7-5-8-12-15)18-19-20(3,4)16-13-9-6-10-14-16/h5-14H,1-4H3. The Morgan fingerprint density at radius 3 is 1.85 bits per heavy atom. The Morgan fingerprint density at radius 2 is 1.30 bits per heavy atom. The molecular formula is C17H22O2Si. The average molecular weight is 286 g/mol. The Morgan fingerprint density at radius 1 is 0.800 bits per heavy atom. The molecule has 2 rings (SSSR count). The number of benzene rings is 2. The molecule has 0 aliphatic heterocycles. The van der Waals surface area contributed by atoms with Gasteiger partial charge in [0.05, 0.1) is 0 Å². The molecule has 106 valence electrons. The first-order valence-corrected chi connectivity index (χ1v) is 9.80. The molecule has 3 heteroatoms. The van der Waals surface area contributed by atoms with E-state index < -0.39 is 13.9 Å². The van der Waals surface area contributed by atoms with Crippen LogP contribution in [0.3, 0.4) is 0 Å². The van der Waals surface area contributed by atoms with Gasteiger partial charge in [-0.25, -0.2) is 4.89 Å². The van der Waals surface area contributed by atoms with Crippen molar-refractivity contribution in [2.45, 2.75) is 32.5 Å². The van der Waals surface area contributed by atoms with Gasteiger partial charge in [-0.15, -0.1) is 0 Å². The van der Waals surface area contributed by atoms with E-state index in [2.05, 4.69) is 37.4 Å². The van der Waals surface area contributed by atoms with Gasteiger partial charge in [0.15, 0.2) is 0 Å². The highest BCUT2D eigenvalue weighted by Gasteiger charge is 2.31. The lowest BCUT2D eigenvalue weighted by atomic mass is 9.99. The molecule has 0 fully saturated rings. The topological polar surface area (TPSA) is 18.5 Å². The fraction of sp³-hybridized carbons (Fsp3) is 0.294. The molecule has 0 bridgehead atoms. The molecule has 0 aliphatic carbocycles. The Kier molecular flexibility index (Phi) is 4.43. The van der Waals surface area contributed by atoms with Crippen molar-refractivity contribution in [3.8, 4) is 0 Å². The van der Waals surface area contributed by atoms with Crippen LogP contribution in [0.5, 0.6) is 0 Å². The summed E-state index contributed by atoms with van der Waals surface area (Å²) in [6.45, 7) is 8.34. The number of rotatable bonds is 5. The van der Waals surface area contributed by atoms with Crippen LogP contribution in [0, 0.1) is 0 Å². The van der Waals surface area contributed by atoms with Crippen molar-refractivity contribution in [2.75, 3.05) is 0 Å². The monoisotopic (exact) mass is 286 g/mol. The van der Waals surface area contributed by atoms with Crippen molar-refractivity contribution in [2.24, 2.45) is 0 Å². The Labute approximate surface area is 122 Å². The zero-order valence-electron chi connectivity index (χ0n) is 12.6. The minimum Gasteiger partial charge on any atom is -0.280 e. The Hall–Kier alpha value is -1.42. The van der Waals surface area contributed by atoms with Gasteiger partial charge in [-0.2, -0.15) is 0 Å². The predicted octanol–water partition coefficient (Wildman–Crippen LogP) is 3.98. The maximum atomic E-state index is 5.87. The average Bonchev–Trinajstić information content (AvgIpc) is 2.47. The second-order valence-electron chi connectivity index (χ2n) is 5.92. The SMILES string of the molecule is CC(C)(OO[Si](C)(C)c1ccccc1)c1ccccc1. The molecule has 0 saturated carbocycles. The lowest BCUT2D eigenvalue weighted by Crippen LogP contribution is -2.46. The summed E-state index contributed by atoms with van der Waals surface area (Å²) in [4.78, 5) is 5.80. The van der Waals surface area contributed by atoms with Crippen LogP contribution >= 0.6 is 0 Å². The first-order chi connectivity index (χ1) is 9.42. The van der Waals surface area contributed by atoms with Gasteiger partial charge < -0.3 is 0 Å². The minimum absolute atomic E-state index is 0.458. The van der Waals surface area contributed by atoms with Crippen molar-refractivity contribution in [3.63, 3.8) is 0 Å². The summed E-state index contributed by atoms with van der Waals surface area (Å²) >= 11 is 0. The second kappa shape index (κ2) is 5.91. The highest BCUT2D eigenvalue weighted by molar-refractivity contribution is 6.84. The van der Waals surface area contributed by atoms with Gasteiger partial charge in [0.1, 0.15) is 5.60 Å². The molecule has 0 N–H and O–H groups in total. The van der Waals surface area contributed by atoms with E-state index in [1.807, 2.05) is 50.2 Å². The highest BCUT2D eigenvalue weighted by Crippen LogP contribution is 2.26. The van der Waals surface area contributed by atoms with E-state index in [9.17, 15) is 0 Å². The number of hydrogen-bond acceptors (Lipinski definition) is 2. The first-order valence-electron chi connectivity index (χ1n) is 6.90. The van der Waals surface area contributed by atoms with Crippen molar-refractivity contribution in [3.05, 3.63) is 66.2 Å². The van der Waals surface area contributed by atoms with Gasteiger partial charge in [0.2, 0.25) is 0 Å². The van der Waals surface area contributed by atoms with Crippen molar-refractivity contribution >= 4 is 13.5 Å². The van der Waals surface area contributed by atoms with E-state index in [0.717, 1.165) is 5.56 Å². The fourth-order valence-corrected chi connectivity index (χ4v) is 3.49. The van der Waals surface area contributed by atoms with E-state index in [4.69, 9.17) is 9.46 Å². The molecule has 0 amide bonds. The van der Waals surface area contributed by atoms with Crippen molar-refractivity contribution in [1.82, 2.24) is 0 Å². The van der Waals surface area contributed by atoms with Gasteiger partial charge >= 0.3 is 0 Å². The summed E-state index contributed by atoms with van der Waals surface area (Å²) in [5.41, 5.74) is 0.651. The molecule has 0 aliphatic rings. The van der Waals surface area contributed by atoms with Crippen LogP contribution < -0.4 is 5.19 Å². The Bertz CT molecular complexity index is 484. The van der Waals surface area contributed by atoms with Gasteiger partial charge in [0, 0.05) is 0 Å². The maximum Gasteiger partial charge on any atom is 0.263 e. The van der Waals surface area contributed by atoms with E-state index in [1.165, 1.54) is 5.19 Å². The molecule has 0 saturated heterocycles. The van der Waals surface area contributed by atoms with Crippen molar-refractivity contribution in [1.29, 1.82) is 0 Å². The molecular weight excluding hydrogens is 264 g/mol. The van der Waals surface area contributed by atoms with Crippen LogP contribution in [0.15, 0.2) is 60.7 Å². The third-order valence-corrected chi connectivity index (χ3v) is 5.62. The molecule has 0 unspecified atom stereocenters. The smallest absolute Gasteiger partial charge is 0.263 e. The summed E-state index contributed by atoms with van der Waals surface area (Å²) in [7, 11) is -2.04. The summed E-state index contributed by atoms with van der Waals surface area (Å²) in [5.74, 6) is 0. The zero-order valence-corrected chi connectivity index (χ0v) is 13.6. The maximum absolute atomic E-state index is 5.87. The Balaban J connectivity index is 2.08. The third-order valence-electron chi connectivity index (χ3n) is 3.40. The van der Waals surface area contributed by atoms with E-state index in [0.29, 0.717) is 0 Å². The van der Waals surface area contributed by atoms with Gasteiger partial charge in [-0.3, -0.25) is 4.58 Å². The zero-order chi connectivity index (χ0) is 14.6. The lowest BCUT2D eigenvalue weighted by Gasteiger charge is -2.30. The van der Waals surface area contributed by atoms with E-state index >= 15 is 0 Å². The number of hydrogen-bond donors (Lipinski definition) is 0. The largest absolute Gasteiger partial charge is 0.280 e. The normalized spacial score (nSPS) is 12.4. The van der Waals surface area contributed by atoms with Crippen molar-refractivity contribution < 1.29 is 9.46 Å². The fourth-order valence-electron chi connectivity index (χ4n) is 1.98. The molecule has 0 spiro atoms. The van der Waals surface area contributed by atoms with Crippen LogP contribution in [0.2, 0.25) is 13.1 Å². The lowest BCUT2D eigenvalue weighted by molar-refractivity contribution is -0.295. The quantitative estimate of drug-likeness (QED) is 0.470. The minimum atomic E-state index is -2.04. The molecule has 0 aromatic heterocycles. The highest BCUT2D eigenvalue weighted by atomic mass is 28.4. The first kappa shape index (κ1) is 15.0.